The Labute approximate surface area is 105 Å². The topological polar surface area (TPSA) is 77.2 Å². The number of rotatable bonds is 2. The van der Waals surface area contributed by atoms with Gasteiger partial charge in [-0.25, -0.2) is 0 Å². The fraction of sp³-hybridized carbons (Fsp3) is 0.750. The van der Waals surface area contributed by atoms with Gasteiger partial charge < -0.3 is 14.4 Å². The van der Waals surface area contributed by atoms with E-state index in [-0.39, 0.29) is 0 Å². The summed E-state index contributed by atoms with van der Waals surface area (Å²) in [6.07, 6.45) is 4.35. The third-order valence-corrected chi connectivity index (χ3v) is 4.06. The summed E-state index contributed by atoms with van der Waals surface area (Å²) in [5.74, 6) is 0.624. The van der Waals surface area contributed by atoms with Gasteiger partial charge in [-0.2, -0.15) is 0 Å². The van der Waals surface area contributed by atoms with Gasteiger partial charge in [0.05, 0.1) is 6.61 Å². The van der Waals surface area contributed by atoms with Crippen LogP contribution in [0.2, 0.25) is 0 Å². The van der Waals surface area contributed by atoms with Crippen molar-refractivity contribution >= 4 is 5.97 Å². The summed E-state index contributed by atoms with van der Waals surface area (Å²) in [7, 11) is 0. The van der Waals surface area contributed by atoms with Gasteiger partial charge in [0.1, 0.15) is 12.0 Å². The molecule has 0 bridgehead atoms. The highest BCUT2D eigenvalue weighted by molar-refractivity contribution is 5.80. The van der Waals surface area contributed by atoms with Crippen molar-refractivity contribution in [3.63, 3.8) is 0 Å². The number of hydrogen-bond acceptors (Lipinski definition) is 4. The van der Waals surface area contributed by atoms with Crippen LogP contribution in [0, 0.1) is 0 Å². The number of aromatic nitrogens is 3. The molecule has 1 saturated carbocycles. The van der Waals surface area contributed by atoms with E-state index in [0.29, 0.717) is 38.4 Å². The largest absolute Gasteiger partial charge is 0.480 e. The van der Waals surface area contributed by atoms with Crippen molar-refractivity contribution in [2.45, 2.75) is 50.7 Å². The number of fused-ring (bicyclic) bond motifs is 1. The highest BCUT2D eigenvalue weighted by atomic mass is 16.5. The molecule has 3 rings (SSSR count). The molecule has 0 saturated heterocycles. The lowest BCUT2D eigenvalue weighted by Gasteiger charge is -2.33. The smallest absolute Gasteiger partial charge is 0.317 e. The minimum absolute atomic E-state index is 0.433. The van der Waals surface area contributed by atoms with Crippen LogP contribution in [0.15, 0.2) is 0 Å². The summed E-state index contributed by atoms with van der Waals surface area (Å²) in [6.45, 7) is 1.70. The minimum atomic E-state index is -0.832. The van der Waals surface area contributed by atoms with Gasteiger partial charge in [0.15, 0.2) is 11.6 Å². The Balaban J connectivity index is 2.05. The monoisotopic (exact) mass is 251 g/mol. The first kappa shape index (κ1) is 11.6. The molecule has 0 amide bonds. The van der Waals surface area contributed by atoms with Gasteiger partial charge >= 0.3 is 5.97 Å². The lowest BCUT2D eigenvalue weighted by molar-refractivity contribution is -0.145. The molecule has 1 aliphatic carbocycles. The maximum absolute atomic E-state index is 11.7. The molecular formula is C12H17N3O3. The van der Waals surface area contributed by atoms with Crippen molar-refractivity contribution in [3.8, 4) is 0 Å². The standard InChI is InChI=1S/C12H17N3O3/c16-11(17)12(4-2-1-3-5-12)10-14-13-9-8-18-7-6-15(9)10/h1-8H2,(H,16,17). The molecule has 1 aliphatic heterocycles. The molecule has 0 aromatic carbocycles. The molecule has 98 valence electrons. The molecule has 2 heterocycles. The normalized spacial score (nSPS) is 22.4. The molecule has 6 heteroatoms. The van der Waals surface area contributed by atoms with Crippen molar-refractivity contribution in [2.24, 2.45) is 0 Å². The second kappa shape index (κ2) is 4.35. The summed E-state index contributed by atoms with van der Waals surface area (Å²) < 4.78 is 7.27. The van der Waals surface area contributed by atoms with E-state index >= 15 is 0 Å². The Morgan fingerprint density at radius 3 is 2.78 bits per heavy atom. The van der Waals surface area contributed by atoms with E-state index in [2.05, 4.69) is 10.2 Å². The van der Waals surface area contributed by atoms with Crippen molar-refractivity contribution in [2.75, 3.05) is 6.61 Å². The summed E-state index contributed by atoms with van der Waals surface area (Å²) in [6, 6.07) is 0. The first-order valence-electron chi connectivity index (χ1n) is 6.48. The zero-order valence-electron chi connectivity index (χ0n) is 10.3. The van der Waals surface area contributed by atoms with Crippen LogP contribution in [-0.4, -0.2) is 32.4 Å². The number of hydrogen-bond donors (Lipinski definition) is 1. The van der Waals surface area contributed by atoms with Crippen molar-refractivity contribution < 1.29 is 14.6 Å². The van der Waals surface area contributed by atoms with Crippen molar-refractivity contribution in [1.29, 1.82) is 0 Å². The van der Waals surface area contributed by atoms with E-state index in [4.69, 9.17) is 4.74 Å². The molecule has 0 radical (unpaired) electrons. The fourth-order valence-corrected chi connectivity index (χ4v) is 3.04. The molecule has 1 N–H and O–H groups in total. The van der Waals surface area contributed by atoms with E-state index in [1.54, 1.807) is 0 Å². The Morgan fingerprint density at radius 1 is 1.28 bits per heavy atom. The minimum Gasteiger partial charge on any atom is -0.480 e. The van der Waals surface area contributed by atoms with Crippen LogP contribution >= 0.6 is 0 Å². The van der Waals surface area contributed by atoms with E-state index in [9.17, 15) is 9.90 Å². The molecule has 1 fully saturated rings. The zero-order chi connectivity index (χ0) is 12.6. The van der Waals surface area contributed by atoms with E-state index in [1.165, 1.54) is 0 Å². The van der Waals surface area contributed by atoms with E-state index in [1.807, 2.05) is 4.57 Å². The molecular weight excluding hydrogens is 234 g/mol. The van der Waals surface area contributed by atoms with Crippen LogP contribution in [0.4, 0.5) is 0 Å². The Morgan fingerprint density at radius 2 is 2.06 bits per heavy atom. The predicted molar refractivity (Wildman–Crippen MR) is 62.1 cm³/mol. The maximum Gasteiger partial charge on any atom is 0.317 e. The lowest BCUT2D eigenvalue weighted by Crippen LogP contribution is -2.41. The Kier molecular flexibility index (Phi) is 2.81. The van der Waals surface area contributed by atoms with Gasteiger partial charge in [-0.3, -0.25) is 4.79 Å². The van der Waals surface area contributed by atoms with Gasteiger partial charge in [-0.1, -0.05) is 19.3 Å². The number of aliphatic carboxylic acids is 1. The van der Waals surface area contributed by atoms with Gasteiger partial charge in [0, 0.05) is 6.54 Å². The summed E-state index contributed by atoms with van der Waals surface area (Å²) in [5, 5.41) is 17.9. The summed E-state index contributed by atoms with van der Waals surface area (Å²) in [4.78, 5) is 11.7. The number of ether oxygens (including phenoxy) is 1. The predicted octanol–water partition coefficient (Wildman–Crippen LogP) is 1.09. The third kappa shape index (κ3) is 1.63. The number of carboxylic acid groups (broad SMARTS) is 1. The molecule has 1 aromatic rings. The molecule has 0 spiro atoms. The number of nitrogens with zero attached hydrogens (tertiary/aromatic N) is 3. The lowest BCUT2D eigenvalue weighted by atomic mass is 9.73. The van der Waals surface area contributed by atoms with Crippen LogP contribution in [-0.2, 0) is 28.1 Å². The van der Waals surface area contributed by atoms with Crippen LogP contribution < -0.4 is 0 Å². The first-order valence-corrected chi connectivity index (χ1v) is 6.48. The zero-order valence-corrected chi connectivity index (χ0v) is 10.3. The molecule has 0 atom stereocenters. The van der Waals surface area contributed by atoms with Crippen LogP contribution in [0.1, 0.15) is 43.8 Å². The van der Waals surface area contributed by atoms with Crippen LogP contribution in [0.25, 0.3) is 0 Å². The van der Waals surface area contributed by atoms with Crippen molar-refractivity contribution in [3.05, 3.63) is 11.6 Å². The third-order valence-electron chi connectivity index (χ3n) is 4.06. The highest BCUT2D eigenvalue weighted by Gasteiger charge is 2.46. The van der Waals surface area contributed by atoms with Crippen LogP contribution in [0.3, 0.4) is 0 Å². The van der Waals surface area contributed by atoms with Crippen molar-refractivity contribution in [1.82, 2.24) is 14.8 Å². The van der Waals surface area contributed by atoms with Gasteiger partial charge in [0.25, 0.3) is 0 Å². The average Bonchev–Trinajstić information content (AvgIpc) is 2.83. The highest BCUT2D eigenvalue weighted by Crippen LogP contribution is 2.39. The maximum atomic E-state index is 11.7. The molecule has 18 heavy (non-hydrogen) atoms. The number of carbonyl (C=O) groups is 1. The molecule has 2 aliphatic rings. The molecule has 1 aromatic heterocycles. The van der Waals surface area contributed by atoms with Crippen LogP contribution in [0.5, 0.6) is 0 Å². The fourth-order valence-electron chi connectivity index (χ4n) is 3.04. The molecule has 6 nitrogen and oxygen atoms in total. The first-order chi connectivity index (χ1) is 8.74. The summed E-state index contributed by atoms with van der Waals surface area (Å²) >= 11 is 0. The SMILES string of the molecule is O=C(O)C1(c2nnc3n2CCOC3)CCCCC1. The second-order valence-corrected chi connectivity index (χ2v) is 5.09. The van der Waals surface area contributed by atoms with Gasteiger partial charge in [-0.05, 0) is 12.8 Å². The average molecular weight is 251 g/mol. The van der Waals surface area contributed by atoms with E-state index < -0.39 is 11.4 Å². The second-order valence-electron chi connectivity index (χ2n) is 5.09. The van der Waals surface area contributed by atoms with Gasteiger partial charge in [0.2, 0.25) is 0 Å². The Bertz CT molecular complexity index is 463. The summed E-state index contributed by atoms with van der Waals surface area (Å²) in [5.41, 5.74) is -0.832. The molecule has 0 unspecified atom stereocenters. The van der Waals surface area contributed by atoms with E-state index in [0.717, 1.165) is 25.1 Å². The van der Waals surface area contributed by atoms with Gasteiger partial charge in [-0.15, -0.1) is 10.2 Å². The quantitative estimate of drug-likeness (QED) is 0.851. The Hall–Kier alpha value is -1.43. The number of carboxylic acids is 1.